The van der Waals surface area contributed by atoms with Gasteiger partial charge in [0.15, 0.2) is 11.6 Å². The van der Waals surface area contributed by atoms with Gasteiger partial charge in [-0.2, -0.15) is 5.26 Å². The minimum absolute atomic E-state index is 0.0225. The van der Waals surface area contributed by atoms with Gasteiger partial charge >= 0.3 is 6.09 Å². The van der Waals surface area contributed by atoms with E-state index in [4.69, 9.17) is 20.8 Å². The van der Waals surface area contributed by atoms with Gasteiger partial charge < -0.3 is 25.8 Å². The van der Waals surface area contributed by atoms with Gasteiger partial charge in [-0.3, -0.25) is 4.79 Å². The lowest BCUT2D eigenvalue weighted by Crippen LogP contribution is -2.45. The van der Waals surface area contributed by atoms with E-state index in [-0.39, 0.29) is 51.4 Å². The number of nitrogens with one attached hydrogen (secondary N) is 1. The van der Waals surface area contributed by atoms with Crippen LogP contribution in [0.3, 0.4) is 0 Å². The molecule has 1 aliphatic heterocycles. The third kappa shape index (κ3) is 5.25. The van der Waals surface area contributed by atoms with Crippen LogP contribution in [0, 0.1) is 23.0 Å². The van der Waals surface area contributed by atoms with Crippen molar-refractivity contribution in [3.8, 4) is 34.2 Å². The number of hydrogen-bond donors (Lipinski definition) is 3. The van der Waals surface area contributed by atoms with E-state index in [1.807, 2.05) is 0 Å². The molecule has 4 N–H and O–H groups in total. The lowest BCUT2D eigenvalue weighted by atomic mass is 9.96. The zero-order valence-corrected chi connectivity index (χ0v) is 19.7. The summed E-state index contributed by atoms with van der Waals surface area (Å²) in [7, 11) is 1.31. The average Bonchev–Trinajstić information content (AvgIpc) is 2.88. The Morgan fingerprint density at radius 3 is 2.38 bits per heavy atom. The largest absolute Gasteiger partial charge is 0.494 e. The summed E-state index contributed by atoms with van der Waals surface area (Å²) < 4.78 is 34.2. The fourth-order valence-electron chi connectivity index (χ4n) is 4.22. The summed E-state index contributed by atoms with van der Waals surface area (Å²) in [5.41, 5.74) is 5.92. The zero-order chi connectivity index (χ0) is 26.7. The Balaban J connectivity index is 1.88. The Bertz CT molecular complexity index is 1420. The number of nitrogens with two attached hydrogens (primary N) is 1. The number of amides is 2. The summed E-state index contributed by atoms with van der Waals surface area (Å²) in [4.78, 5) is 34.3. The minimum Gasteiger partial charge on any atom is -0.494 e. The number of nitriles is 1. The number of ether oxygens (including phenoxy) is 1. The van der Waals surface area contributed by atoms with Crippen LogP contribution in [0.1, 0.15) is 28.9 Å². The van der Waals surface area contributed by atoms with Crippen LogP contribution >= 0.6 is 0 Å². The maximum Gasteiger partial charge on any atom is 0.404 e. The van der Waals surface area contributed by atoms with E-state index < -0.39 is 23.6 Å². The standard InChI is InChI=1S/C25H22F2N6O4/c1-37-19-5-4-13(10-18(19)27)20-21(14-2-3-15(12-28)17(26)11-14)31-24(32-22(20)23(29)34)33-8-6-16(7-9-33)30-25(35)36/h2-5,10-11,16,30H,6-9H2,1H3,(H2,29,34)(H,35,36). The van der Waals surface area contributed by atoms with Crippen LogP contribution in [0.5, 0.6) is 5.75 Å². The predicted molar refractivity (Wildman–Crippen MR) is 129 cm³/mol. The van der Waals surface area contributed by atoms with Crippen molar-refractivity contribution in [1.29, 1.82) is 5.26 Å². The SMILES string of the molecule is COc1ccc(-c2c(C(N)=O)nc(N3CCC(NC(=O)O)CC3)nc2-c2ccc(C#N)c(F)c2)cc1F. The van der Waals surface area contributed by atoms with Gasteiger partial charge in [-0.15, -0.1) is 0 Å². The van der Waals surface area contributed by atoms with E-state index in [9.17, 15) is 18.4 Å². The van der Waals surface area contributed by atoms with Gasteiger partial charge in [0.2, 0.25) is 5.95 Å². The van der Waals surface area contributed by atoms with Crippen LogP contribution in [0.15, 0.2) is 36.4 Å². The normalized spacial score (nSPS) is 13.6. The number of primary amides is 1. The Kier molecular flexibility index (Phi) is 7.15. The number of anilines is 1. The molecular weight excluding hydrogens is 486 g/mol. The van der Waals surface area contributed by atoms with Gasteiger partial charge in [-0.1, -0.05) is 12.1 Å². The first kappa shape index (κ1) is 25.3. The number of carbonyl (C=O) groups is 2. The number of piperidine rings is 1. The Morgan fingerprint density at radius 2 is 1.81 bits per heavy atom. The molecule has 0 unspecified atom stereocenters. The van der Waals surface area contributed by atoms with Crippen LogP contribution in [-0.4, -0.2) is 53.3 Å². The van der Waals surface area contributed by atoms with Crippen molar-refractivity contribution in [2.24, 2.45) is 5.73 Å². The number of benzene rings is 2. The lowest BCUT2D eigenvalue weighted by Gasteiger charge is -2.32. The first-order valence-electron chi connectivity index (χ1n) is 11.2. The molecule has 12 heteroatoms. The smallest absolute Gasteiger partial charge is 0.404 e. The number of carbonyl (C=O) groups excluding carboxylic acids is 1. The number of rotatable bonds is 6. The van der Waals surface area contributed by atoms with Crippen LogP contribution in [0.25, 0.3) is 22.4 Å². The number of hydrogen-bond acceptors (Lipinski definition) is 7. The highest BCUT2D eigenvalue weighted by molar-refractivity contribution is 6.02. The minimum atomic E-state index is -1.12. The number of nitrogens with zero attached hydrogens (tertiary/aromatic N) is 4. The molecule has 2 heterocycles. The van der Waals surface area contributed by atoms with Gasteiger partial charge in [0.25, 0.3) is 5.91 Å². The van der Waals surface area contributed by atoms with E-state index in [1.54, 1.807) is 11.0 Å². The molecule has 37 heavy (non-hydrogen) atoms. The molecule has 1 fully saturated rings. The molecule has 10 nitrogen and oxygen atoms in total. The monoisotopic (exact) mass is 508 g/mol. The van der Waals surface area contributed by atoms with Crippen LogP contribution in [0.2, 0.25) is 0 Å². The van der Waals surface area contributed by atoms with E-state index >= 15 is 0 Å². The van der Waals surface area contributed by atoms with Gasteiger partial charge in [-0.05, 0) is 42.7 Å². The second kappa shape index (κ2) is 10.4. The fourth-order valence-corrected chi connectivity index (χ4v) is 4.22. The number of methoxy groups -OCH3 is 1. The lowest BCUT2D eigenvalue weighted by molar-refractivity contribution is 0.0996. The van der Waals surface area contributed by atoms with Gasteiger partial charge in [0.1, 0.15) is 17.6 Å². The predicted octanol–water partition coefficient (Wildman–Crippen LogP) is 3.30. The van der Waals surface area contributed by atoms with Crippen molar-refractivity contribution in [3.05, 3.63) is 59.3 Å². The quantitative estimate of drug-likeness (QED) is 0.458. The molecule has 1 aromatic heterocycles. The maximum absolute atomic E-state index is 14.6. The molecule has 2 aromatic carbocycles. The highest BCUT2D eigenvalue weighted by Gasteiger charge is 2.27. The molecule has 3 aromatic rings. The number of carboxylic acid groups (broad SMARTS) is 1. The van der Waals surface area contributed by atoms with E-state index in [2.05, 4.69) is 15.3 Å². The first-order valence-corrected chi connectivity index (χ1v) is 11.2. The molecule has 0 atom stereocenters. The summed E-state index contributed by atoms with van der Waals surface area (Å²) in [6, 6.07) is 9.34. The molecule has 1 saturated heterocycles. The van der Waals surface area contributed by atoms with Gasteiger partial charge in [-0.25, -0.2) is 23.5 Å². The fraction of sp³-hybridized carbons (Fsp3) is 0.240. The van der Waals surface area contributed by atoms with E-state index in [1.165, 1.54) is 31.4 Å². The summed E-state index contributed by atoms with van der Waals surface area (Å²) in [5.74, 6) is -2.31. The molecule has 2 amide bonds. The molecule has 0 radical (unpaired) electrons. The van der Waals surface area contributed by atoms with E-state index in [0.717, 1.165) is 12.1 Å². The highest BCUT2D eigenvalue weighted by Crippen LogP contribution is 2.37. The molecule has 0 spiro atoms. The first-order chi connectivity index (χ1) is 17.7. The van der Waals surface area contributed by atoms with Crippen molar-refractivity contribution in [2.45, 2.75) is 18.9 Å². The van der Waals surface area contributed by atoms with Crippen molar-refractivity contribution in [3.63, 3.8) is 0 Å². The Morgan fingerprint density at radius 1 is 1.14 bits per heavy atom. The molecule has 1 aliphatic rings. The Labute approximate surface area is 210 Å². The van der Waals surface area contributed by atoms with Crippen LogP contribution in [-0.2, 0) is 0 Å². The number of halogens is 2. The molecule has 0 bridgehead atoms. The molecule has 190 valence electrons. The molecule has 0 saturated carbocycles. The maximum atomic E-state index is 14.6. The molecular formula is C25H22F2N6O4. The third-order valence-corrected chi connectivity index (χ3v) is 6.04. The summed E-state index contributed by atoms with van der Waals surface area (Å²) in [5, 5.41) is 20.5. The van der Waals surface area contributed by atoms with Crippen molar-refractivity contribution >= 4 is 17.9 Å². The topological polar surface area (TPSA) is 154 Å². The van der Waals surface area contributed by atoms with Gasteiger partial charge in [0.05, 0.1) is 18.4 Å². The summed E-state index contributed by atoms with van der Waals surface area (Å²) in [6.07, 6.45) is -0.186. The molecule has 4 rings (SSSR count). The second-order valence-corrected chi connectivity index (χ2v) is 8.33. The van der Waals surface area contributed by atoms with Crippen LogP contribution in [0.4, 0.5) is 19.5 Å². The summed E-state index contributed by atoms with van der Waals surface area (Å²) >= 11 is 0. The van der Waals surface area contributed by atoms with Gasteiger partial charge in [0, 0.05) is 30.3 Å². The van der Waals surface area contributed by atoms with Crippen LogP contribution < -0.4 is 20.7 Å². The van der Waals surface area contributed by atoms with Crippen molar-refractivity contribution in [2.75, 3.05) is 25.1 Å². The second-order valence-electron chi connectivity index (χ2n) is 8.33. The Hall–Kier alpha value is -4.79. The highest BCUT2D eigenvalue weighted by atomic mass is 19.1. The number of aromatic nitrogens is 2. The van der Waals surface area contributed by atoms with Crippen molar-refractivity contribution in [1.82, 2.24) is 15.3 Å². The average molecular weight is 508 g/mol. The third-order valence-electron chi connectivity index (χ3n) is 6.04. The zero-order valence-electron chi connectivity index (χ0n) is 19.7. The summed E-state index contributed by atoms with van der Waals surface area (Å²) in [6.45, 7) is 0.752. The van der Waals surface area contributed by atoms with Crippen molar-refractivity contribution < 1.29 is 28.2 Å². The van der Waals surface area contributed by atoms with E-state index in [0.29, 0.717) is 25.9 Å². The molecule has 0 aliphatic carbocycles.